The van der Waals surface area contributed by atoms with E-state index in [0.717, 1.165) is 19.6 Å². The lowest BCUT2D eigenvalue weighted by atomic mass is 9.87. The van der Waals surface area contributed by atoms with Crippen molar-refractivity contribution in [3.8, 4) is 6.07 Å². The number of nitrogens with zero attached hydrogens (tertiary/aromatic N) is 2. The van der Waals surface area contributed by atoms with Crippen LogP contribution in [0, 0.1) is 16.7 Å². The van der Waals surface area contributed by atoms with Gasteiger partial charge in [0.05, 0.1) is 19.3 Å². The Morgan fingerprint density at radius 1 is 1.35 bits per heavy atom. The molecule has 0 aliphatic carbocycles. The molecule has 3 heteroatoms. The van der Waals surface area contributed by atoms with Crippen LogP contribution in [-0.4, -0.2) is 31.2 Å². The molecule has 1 aliphatic rings. The zero-order chi connectivity index (χ0) is 12.1. The van der Waals surface area contributed by atoms with Crippen molar-refractivity contribution in [2.45, 2.75) is 13.5 Å². The summed E-state index contributed by atoms with van der Waals surface area (Å²) in [4.78, 5) is 2.31. The van der Waals surface area contributed by atoms with Crippen molar-refractivity contribution in [3.05, 3.63) is 35.9 Å². The predicted molar refractivity (Wildman–Crippen MR) is 66.3 cm³/mol. The van der Waals surface area contributed by atoms with Gasteiger partial charge in [0.2, 0.25) is 0 Å². The molecule has 0 atom stereocenters. The highest BCUT2D eigenvalue weighted by atomic mass is 16.5. The Hall–Kier alpha value is -1.37. The second-order valence-corrected chi connectivity index (χ2v) is 4.67. The first-order chi connectivity index (χ1) is 8.28. The maximum atomic E-state index is 9.19. The van der Waals surface area contributed by atoms with Gasteiger partial charge in [-0.25, -0.2) is 0 Å². The van der Waals surface area contributed by atoms with E-state index in [1.807, 2.05) is 6.07 Å². The van der Waals surface area contributed by atoms with Gasteiger partial charge in [-0.15, -0.1) is 0 Å². The monoisotopic (exact) mass is 230 g/mol. The number of nitriles is 1. The third-order valence-corrected chi connectivity index (χ3v) is 3.22. The second-order valence-electron chi connectivity index (χ2n) is 4.67. The van der Waals surface area contributed by atoms with Gasteiger partial charge in [-0.1, -0.05) is 37.3 Å². The summed E-state index contributed by atoms with van der Waals surface area (Å²) in [5.41, 5.74) is 1.02. The Morgan fingerprint density at radius 3 is 2.53 bits per heavy atom. The lowest BCUT2D eigenvalue weighted by Gasteiger charge is -2.38. The van der Waals surface area contributed by atoms with Crippen molar-refractivity contribution < 1.29 is 4.74 Å². The average Bonchev–Trinajstić information content (AvgIpc) is 2.33. The number of ether oxygens (including phenoxy) is 1. The van der Waals surface area contributed by atoms with E-state index in [0.29, 0.717) is 13.2 Å². The molecule has 1 fully saturated rings. The van der Waals surface area contributed by atoms with Crippen LogP contribution in [0.5, 0.6) is 0 Å². The quantitative estimate of drug-likeness (QED) is 0.776. The molecule has 1 heterocycles. The highest BCUT2D eigenvalue weighted by molar-refractivity contribution is 5.15. The van der Waals surface area contributed by atoms with Gasteiger partial charge in [-0.2, -0.15) is 5.26 Å². The fourth-order valence-corrected chi connectivity index (χ4v) is 2.09. The maximum Gasteiger partial charge on any atom is 0.116 e. The van der Waals surface area contributed by atoms with E-state index in [9.17, 15) is 5.26 Å². The Balaban J connectivity index is 1.96. The molecule has 0 radical (unpaired) electrons. The Kier molecular flexibility index (Phi) is 3.78. The molecule has 3 nitrogen and oxygen atoms in total. The van der Waals surface area contributed by atoms with Crippen LogP contribution in [-0.2, 0) is 11.3 Å². The van der Waals surface area contributed by atoms with Gasteiger partial charge in [0, 0.05) is 13.1 Å². The smallest absolute Gasteiger partial charge is 0.116 e. The van der Waals surface area contributed by atoms with Crippen LogP contribution in [0.4, 0.5) is 0 Å². The molecule has 0 aromatic heterocycles. The van der Waals surface area contributed by atoms with Crippen LogP contribution >= 0.6 is 0 Å². The van der Waals surface area contributed by atoms with E-state index in [4.69, 9.17) is 4.74 Å². The van der Waals surface area contributed by atoms with Crippen molar-refractivity contribution in [1.29, 1.82) is 5.26 Å². The van der Waals surface area contributed by atoms with Crippen molar-refractivity contribution in [2.24, 2.45) is 5.41 Å². The molecule has 2 rings (SSSR count). The molecular formula is C14H18N2O. The van der Waals surface area contributed by atoms with Gasteiger partial charge in [0.1, 0.15) is 5.41 Å². The minimum atomic E-state index is -0.273. The maximum absolute atomic E-state index is 9.19. The van der Waals surface area contributed by atoms with Crippen molar-refractivity contribution in [2.75, 3.05) is 26.3 Å². The zero-order valence-electron chi connectivity index (χ0n) is 10.2. The molecule has 0 unspecified atom stereocenters. The minimum Gasteiger partial charge on any atom is -0.378 e. The Bertz CT molecular complexity index is 392. The van der Waals surface area contributed by atoms with E-state index in [-0.39, 0.29) is 5.41 Å². The summed E-state index contributed by atoms with van der Waals surface area (Å²) in [6.07, 6.45) is 0. The third-order valence-electron chi connectivity index (χ3n) is 3.22. The SMILES string of the molecule is CCN(Cc1ccccc1)CC1(C#N)COC1. The van der Waals surface area contributed by atoms with Crippen LogP contribution in [0.2, 0.25) is 0 Å². The summed E-state index contributed by atoms with van der Waals surface area (Å²) >= 11 is 0. The first-order valence-electron chi connectivity index (χ1n) is 6.03. The van der Waals surface area contributed by atoms with E-state index >= 15 is 0 Å². The van der Waals surface area contributed by atoms with Gasteiger partial charge in [0.25, 0.3) is 0 Å². The molecule has 90 valence electrons. The molecule has 0 bridgehead atoms. The van der Waals surface area contributed by atoms with Crippen molar-refractivity contribution in [1.82, 2.24) is 4.90 Å². The Morgan fingerprint density at radius 2 is 2.06 bits per heavy atom. The average molecular weight is 230 g/mol. The van der Waals surface area contributed by atoms with Crippen LogP contribution in [0.25, 0.3) is 0 Å². The summed E-state index contributed by atoms with van der Waals surface area (Å²) in [5, 5.41) is 9.19. The van der Waals surface area contributed by atoms with Crippen LogP contribution in [0.3, 0.4) is 0 Å². The normalized spacial score (nSPS) is 17.5. The molecule has 0 spiro atoms. The Labute approximate surface area is 103 Å². The second kappa shape index (κ2) is 5.31. The van der Waals surface area contributed by atoms with Gasteiger partial charge in [-0.05, 0) is 12.1 Å². The summed E-state index contributed by atoms with van der Waals surface area (Å²) in [7, 11) is 0. The van der Waals surface area contributed by atoms with Gasteiger partial charge >= 0.3 is 0 Å². The lowest BCUT2D eigenvalue weighted by Crippen LogP contribution is -2.49. The summed E-state index contributed by atoms with van der Waals surface area (Å²) in [6.45, 7) is 5.95. The van der Waals surface area contributed by atoms with E-state index in [1.54, 1.807) is 0 Å². The number of benzene rings is 1. The number of hydrogen-bond acceptors (Lipinski definition) is 3. The molecule has 17 heavy (non-hydrogen) atoms. The first-order valence-corrected chi connectivity index (χ1v) is 6.03. The van der Waals surface area contributed by atoms with Crippen molar-refractivity contribution >= 4 is 0 Å². The molecule has 1 aromatic rings. The van der Waals surface area contributed by atoms with E-state index in [2.05, 4.69) is 42.2 Å². The number of rotatable bonds is 5. The molecule has 1 saturated heterocycles. The van der Waals surface area contributed by atoms with E-state index < -0.39 is 0 Å². The topological polar surface area (TPSA) is 36.3 Å². The highest BCUT2D eigenvalue weighted by Gasteiger charge is 2.40. The van der Waals surface area contributed by atoms with Crippen LogP contribution in [0.15, 0.2) is 30.3 Å². The minimum absolute atomic E-state index is 0.273. The lowest BCUT2D eigenvalue weighted by molar-refractivity contribution is -0.0917. The van der Waals surface area contributed by atoms with E-state index in [1.165, 1.54) is 5.56 Å². The third kappa shape index (κ3) is 2.85. The summed E-state index contributed by atoms with van der Waals surface area (Å²) in [5.74, 6) is 0. The first kappa shape index (κ1) is 12.1. The van der Waals surface area contributed by atoms with Gasteiger partial charge in [0.15, 0.2) is 0 Å². The van der Waals surface area contributed by atoms with Crippen LogP contribution < -0.4 is 0 Å². The summed E-state index contributed by atoms with van der Waals surface area (Å²) in [6, 6.07) is 12.8. The predicted octanol–water partition coefficient (Wildman–Crippen LogP) is 2.05. The fourth-order valence-electron chi connectivity index (χ4n) is 2.09. The molecule has 1 aliphatic heterocycles. The zero-order valence-corrected chi connectivity index (χ0v) is 10.2. The fraction of sp³-hybridized carbons (Fsp3) is 0.500. The largest absolute Gasteiger partial charge is 0.378 e. The van der Waals surface area contributed by atoms with Crippen molar-refractivity contribution in [3.63, 3.8) is 0 Å². The molecule has 1 aromatic carbocycles. The highest BCUT2D eigenvalue weighted by Crippen LogP contribution is 2.28. The van der Waals surface area contributed by atoms with Gasteiger partial charge in [-0.3, -0.25) is 4.90 Å². The molecule has 0 amide bonds. The van der Waals surface area contributed by atoms with Gasteiger partial charge < -0.3 is 4.74 Å². The van der Waals surface area contributed by atoms with Crippen LogP contribution in [0.1, 0.15) is 12.5 Å². The number of hydrogen-bond donors (Lipinski definition) is 0. The summed E-state index contributed by atoms with van der Waals surface area (Å²) < 4.78 is 5.18. The standard InChI is InChI=1S/C14H18N2O/c1-2-16(8-13-6-4-3-5-7-13)10-14(9-15)11-17-12-14/h3-7H,2,8,10-12H2,1H3. The molecular weight excluding hydrogens is 212 g/mol. The molecule has 0 saturated carbocycles. The molecule has 0 N–H and O–H groups in total.